The minimum Gasteiger partial charge on any atom is -0.313 e. The minimum atomic E-state index is 0.653. The molecule has 16 heavy (non-hydrogen) atoms. The number of aromatic nitrogens is 4. The molecule has 1 heterocycles. The second-order valence-corrected chi connectivity index (χ2v) is 3.83. The first-order valence-corrected chi connectivity index (χ1v) is 5.22. The van der Waals surface area contributed by atoms with E-state index < -0.39 is 0 Å². The van der Waals surface area contributed by atoms with Crippen molar-refractivity contribution in [3.05, 3.63) is 35.2 Å². The van der Waals surface area contributed by atoms with Crippen LogP contribution in [0.25, 0.3) is 5.69 Å². The van der Waals surface area contributed by atoms with Crippen molar-refractivity contribution in [1.82, 2.24) is 25.5 Å². The van der Waals surface area contributed by atoms with Gasteiger partial charge in [0.15, 0.2) is 5.82 Å². The van der Waals surface area contributed by atoms with Crippen LogP contribution in [0.2, 0.25) is 0 Å². The van der Waals surface area contributed by atoms with Gasteiger partial charge in [-0.05, 0) is 43.0 Å². The van der Waals surface area contributed by atoms with E-state index in [1.165, 1.54) is 11.1 Å². The quantitative estimate of drug-likeness (QED) is 0.833. The van der Waals surface area contributed by atoms with E-state index in [2.05, 4.69) is 46.8 Å². The molecule has 0 saturated heterocycles. The maximum atomic E-state index is 4.01. The molecule has 0 aliphatic rings. The zero-order valence-electron chi connectivity index (χ0n) is 9.73. The molecule has 5 heteroatoms. The van der Waals surface area contributed by atoms with Crippen LogP contribution in [-0.4, -0.2) is 27.3 Å². The summed E-state index contributed by atoms with van der Waals surface area (Å²) in [6, 6.07) is 6.23. The van der Waals surface area contributed by atoms with E-state index in [9.17, 15) is 0 Å². The van der Waals surface area contributed by atoms with Crippen LogP contribution in [-0.2, 0) is 6.54 Å². The van der Waals surface area contributed by atoms with Crippen molar-refractivity contribution in [3.63, 3.8) is 0 Å². The van der Waals surface area contributed by atoms with Gasteiger partial charge >= 0.3 is 0 Å². The minimum absolute atomic E-state index is 0.653. The van der Waals surface area contributed by atoms with Gasteiger partial charge in [-0.3, -0.25) is 0 Å². The lowest BCUT2D eigenvalue weighted by atomic mass is 10.1. The molecule has 0 spiro atoms. The van der Waals surface area contributed by atoms with E-state index in [0.29, 0.717) is 6.54 Å². The van der Waals surface area contributed by atoms with Crippen molar-refractivity contribution in [2.75, 3.05) is 7.05 Å². The molecular weight excluding hydrogens is 202 g/mol. The van der Waals surface area contributed by atoms with Crippen LogP contribution >= 0.6 is 0 Å². The van der Waals surface area contributed by atoms with Crippen molar-refractivity contribution in [2.45, 2.75) is 20.4 Å². The Hall–Kier alpha value is -1.75. The average molecular weight is 217 g/mol. The Labute approximate surface area is 94.5 Å². The molecule has 0 aliphatic carbocycles. The number of hydrogen-bond acceptors (Lipinski definition) is 4. The van der Waals surface area contributed by atoms with Crippen molar-refractivity contribution in [1.29, 1.82) is 0 Å². The summed E-state index contributed by atoms with van der Waals surface area (Å²) in [5.74, 6) is 0.814. The molecule has 1 N–H and O–H groups in total. The number of nitrogens with one attached hydrogen (secondary N) is 1. The van der Waals surface area contributed by atoms with Gasteiger partial charge in [0.2, 0.25) is 0 Å². The van der Waals surface area contributed by atoms with E-state index in [-0.39, 0.29) is 0 Å². The number of nitrogens with zero attached hydrogens (tertiary/aromatic N) is 4. The summed E-state index contributed by atoms with van der Waals surface area (Å²) in [4.78, 5) is 0. The molecule has 1 aromatic heterocycles. The third-order valence-electron chi connectivity index (χ3n) is 2.45. The zero-order valence-corrected chi connectivity index (χ0v) is 9.73. The summed E-state index contributed by atoms with van der Waals surface area (Å²) in [5.41, 5.74) is 3.44. The number of tetrazole rings is 1. The lowest BCUT2D eigenvalue weighted by Crippen LogP contribution is -2.12. The molecular formula is C11H15N5. The summed E-state index contributed by atoms with van der Waals surface area (Å²) in [7, 11) is 1.88. The molecule has 0 unspecified atom stereocenters. The molecule has 1 aromatic carbocycles. The molecule has 2 aromatic rings. The van der Waals surface area contributed by atoms with Crippen molar-refractivity contribution in [2.24, 2.45) is 0 Å². The molecule has 5 nitrogen and oxygen atoms in total. The molecule has 0 amide bonds. The van der Waals surface area contributed by atoms with Crippen LogP contribution in [0, 0.1) is 13.8 Å². The van der Waals surface area contributed by atoms with Crippen molar-refractivity contribution < 1.29 is 0 Å². The Morgan fingerprint density at radius 3 is 2.81 bits per heavy atom. The van der Waals surface area contributed by atoms with E-state index in [1.54, 1.807) is 4.68 Å². The van der Waals surface area contributed by atoms with E-state index in [1.807, 2.05) is 13.1 Å². The van der Waals surface area contributed by atoms with Crippen LogP contribution in [0.5, 0.6) is 0 Å². The van der Waals surface area contributed by atoms with Crippen molar-refractivity contribution >= 4 is 0 Å². The van der Waals surface area contributed by atoms with Crippen LogP contribution < -0.4 is 5.32 Å². The van der Waals surface area contributed by atoms with Gasteiger partial charge in [0.05, 0.1) is 12.2 Å². The first-order chi connectivity index (χ1) is 7.72. The highest BCUT2D eigenvalue weighted by molar-refractivity contribution is 5.42. The smallest absolute Gasteiger partial charge is 0.170 e. The second kappa shape index (κ2) is 4.40. The van der Waals surface area contributed by atoms with E-state index >= 15 is 0 Å². The summed E-state index contributed by atoms with van der Waals surface area (Å²) in [6.45, 7) is 4.79. The normalized spacial score (nSPS) is 10.7. The summed E-state index contributed by atoms with van der Waals surface area (Å²) < 4.78 is 1.77. The number of rotatable bonds is 3. The fourth-order valence-corrected chi connectivity index (χ4v) is 1.70. The highest BCUT2D eigenvalue weighted by Crippen LogP contribution is 2.15. The Morgan fingerprint density at radius 1 is 1.31 bits per heavy atom. The molecule has 0 aliphatic heterocycles. The van der Waals surface area contributed by atoms with Gasteiger partial charge in [-0.1, -0.05) is 17.7 Å². The van der Waals surface area contributed by atoms with Gasteiger partial charge in [0.25, 0.3) is 0 Å². The fourth-order valence-electron chi connectivity index (χ4n) is 1.70. The second-order valence-electron chi connectivity index (χ2n) is 3.83. The Bertz CT molecular complexity index is 489. The molecule has 0 bridgehead atoms. The third-order valence-corrected chi connectivity index (χ3v) is 2.45. The fraction of sp³-hybridized carbons (Fsp3) is 0.364. The van der Waals surface area contributed by atoms with Crippen LogP contribution in [0.3, 0.4) is 0 Å². The lowest BCUT2D eigenvalue weighted by molar-refractivity contribution is 0.706. The highest BCUT2D eigenvalue weighted by Gasteiger charge is 2.09. The molecule has 0 radical (unpaired) electrons. The predicted octanol–water partition coefficient (Wildman–Crippen LogP) is 0.999. The Morgan fingerprint density at radius 2 is 2.12 bits per heavy atom. The van der Waals surface area contributed by atoms with Gasteiger partial charge in [-0.25, -0.2) is 0 Å². The third kappa shape index (κ3) is 1.94. The largest absolute Gasteiger partial charge is 0.313 e. The van der Waals surface area contributed by atoms with E-state index in [0.717, 1.165) is 11.5 Å². The van der Waals surface area contributed by atoms with Gasteiger partial charge in [-0.2, -0.15) is 4.68 Å². The predicted molar refractivity (Wildman–Crippen MR) is 61.4 cm³/mol. The zero-order chi connectivity index (χ0) is 11.5. The monoisotopic (exact) mass is 217 g/mol. The summed E-state index contributed by atoms with van der Waals surface area (Å²) >= 11 is 0. The summed E-state index contributed by atoms with van der Waals surface area (Å²) in [5, 5.41) is 14.7. The average Bonchev–Trinajstić information content (AvgIpc) is 2.67. The molecule has 0 atom stereocenters. The molecule has 0 saturated carbocycles. The molecule has 2 rings (SSSR count). The van der Waals surface area contributed by atoms with Gasteiger partial charge in [0, 0.05) is 0 Å². The van der Waals surface area contributed by atoms with Crippen LogP contribution in [0.1, 0.15) is 17.0 Å². The van der Waals surface area contributed by atoms with Crippen molar-refractivity contribution in [3.8, 4) is 5.69 Å². The first-order valence-electron chi connectivity index (χ1n) is 5.22. The SMILES string of the molecule is CNCc1nnnn1-c1ccc(C)cc1C. The van der Waals surface area contributed by atoms with E-state index in [4.69, 9.17) is 0 Å². The van der Waals surface area contributed by atoms with Crippen LogP contribution in [0.4, 0.5) is 0 Å². The van der Waals surface area contributed by atoms with Gasteiger partial charge < -0.3 is 5.32 Å². The van der Waals surface area contributed by atoms with Gasteiger partial charge in [-0.15, -0.1) is 5.10 Å². The molecule has 84 valence electrons. The number of aryl methyl sites for hydroxylation is 2. The Balaban J connectivity index is 2.46. The number of hydrogen-bond donors (Lipinski definition) is 1. The lowest BCUT2D eigenvalue weighted by Gasteiger charge is -2.08. The summed E-state index contributed by atoms with van der Waals surface area (Å²) in [6.07, 6.45) is 0. The van der Waals surface area contributed by atoms with Crippen LogP contribution in [0.15, 0.2) is 18.2 Å². The standard InChI is InChI=1S/C11H15N5/c1-8-4-5-10(9(2)6-8)16-11(7-12-3)13-14-15-16/h4-6,12H,7H2,1-3H3. The topological polar surface area (TPSA) is 55.6 Å². The highest BCUT2D eigenvalue weighted by atomic mass is 15.5. The molecule has 0 fully saturated rings. The number of benzene rings is 1. The first kappa shape index (κ1) is 10.8. The Kier molecular flexibility index (Phi) is 2.96. The van der Waals surface area contributed by atoms with Gasteiger partial charge in [0.1, 0.15) is 0 Å². The maximum absolute atomic E-state index is 4.01. The maximum Gasteiger partial charge on any atom is 0.170 e.